The van der Waals surface area contributed by atoms with Gasteiger partial charge in [-0.15, -0.1) is 0 Å². The van der Waals surface area contributed by atoms with Crippen molar-refractivity contribution >= 4 is 22.4 Å². The van der Waals surface area contributed by atoms with Crippen LogP contribution in [-0.2, 0) is 9.47 Å². The number of fused-ring (bicyclic) bond motifs is 1. The Morgan fingerprint density at radius 2 is 1.93 bits per heavy atom. The van der Waals surface area contributed by atoms with Gasteiger partial charge in [0.1, 0.15) is 6.10 Å². The topological polar surface area (TPSA) is 108 Å². The van der Waals surface area contributed by atoms with Gasteiger partial charge in [-0.05, 0) is 24.6 Å². The Balaban J connectivity index is 1.46. The fourth-order valence-electron chi connectivity index (χ4n) is 4.11. The first kappa shape index (κ1) is 19.0. The molecule has 3 N–H and O–H groups in total. The number of hydrogen-bond donors (Lipinski definition) is 2. The van der Waals surface area contributed by atoms with E-state index in [0.717, 1.165) is 42.5 Å². The summed E-state index contributed by atoms with van der Waals surface area (Å²) in [6.45, 7) is 2.83. The van der Waals surface area contributed by atoms with Crippen molar-refractivity contribution in [1.29, 1.82) is 5.41 Å². The minimum Gasteiger partial charge on any atom is -0.474 e. The summed E-state index contributed by atoms with van der Waals surface area (Å²) in [6, 6.07) is 7.89. The van der Waals surface area contributed by atoms with Gasteiger partial charge in [0.15, 0.2) is 0 Å². The van der Waals surface area contributed by atoms with Crippen LogP contribution in [0.4, 0.5) is 5.69 Å². The lowest BCUT2D eigenvalue weighted by molar-refractivity contribution is 0.0237. The molecule has 2 saturated heterocycles. The summed E-state index contributed by atoms with van der Waals surface area (Å²) in [5.74, 6) is 0.403. The molecular formula is C22H25N5O3. The molecule has 2 aromatic heterocycles. The van der Waals surface area contributed by atoms with Gasteiger partial charge < -0.3 is 24.5 Å². The van der Waals surface area contributed by atoms with Gasteiger partial charge in [-0.3, -0.25) is 5.41 Å². The van der Waals surface area contributed by atoms with Gasteiger partial charge in [-0.1, -0.05) is 6.07 Å². The van der Waals surface area contributed by atoms with Crippen LogP contribution in [0, 0.1) is 5.41 Å². The van der Waals surface area contributed by atoms with E-state index in [4.69, 9.17) is 25.4 Å². The Morgan fingerprint density at radius 1 is 1.10 bits per heavy atom. The third-order valence-electron chi connectivity index (χ3n) is 5.81. The number of ether oxygens (including phenoxy) is 3. The van der Waals surface area contributed by atoms with E-state index in [1.165, 1.54) is 0 Å². The summed E-state index contributed by atoms with van der Waals surface area (Å²) in [4.78, 5) is 8.94. The number of nitrogens with one attached hydrogen (secondary N) is 1. The molecule has 156 valence electrons. The fourth-order valence-corrected chi connectivity index (χ4v) is 4.11. The molecule has 0 aliphatic carbocycles. The molecule has 3 aromatic rings. The van der Waals surface area contributed by atoms with Gasteiger partial charge >= 0.3 is 0 Å². The van der Waals surface area contributed by atoms with Crippen LogP contribution in [0.1, 0.15) is 36.4 Å². The maximum absolute atomic E-state index is 8.84. The van der Waals surface area contributed by atoms with Crippen molar-refractivity contribution in [2.45, 2.75) is 31.4 Å². The highest BCUT2D eigenvalue weighted by Crippen LogP contribution is 2.29. The van der Waals surface area contributed by atoms with Crippen molar-refractivity contribution in [3.63, 3.8) is 0 Å². The number of pyridine rings is 1. The summed E-state index contributed by atoms with van der Waals surface area (Å²) in [6.07, 6.45) is 6.09. The number of aromatic nitrogens is 3. The van der Waals surface area contributed by atoms with E-state index in [0.29, 0.717) is 43.0 Å². The van der Waals surface area contributed by atoms with Crippen molar-refractivity contribution in [2.24, 2.45) is 0 Å². The van der Waals surface area contributed by atoms with Crippen LogP contribution < -0.4 is 10.5 Å². The zero-order chi connectivity index (χ0) is 20.5. The first-order chi connectivity index (χ1) is 14.7. The molecule has 0 spiro atoms. The standard InChI is InChI=1S/C22H25N5O3/c23-17-3-7-25-22(30-16-5-9-28-10-6-16)20(17)21(24)14-1-2-19-18(11-14)26-13-27(19)15-4-8-29-12-15/h1-3,7,11,13,15-16,24H,4-6,8-10,12H2,(H2,23,25). The molecule has 8 nitrogen and oxygen atoms in total. The van der Waals surface area contributed by atoms with Crippen molar-refractivity contribution in [2.75, 3.05) is 32.2 Å². The molecule has 1 atom stereocenters. The maximum Gasteiger partial charge on any atom is 0.225 e. The Hall–Kier alpha value is -2.97. The average molecular weight is 407 g/mol. The Bertz CT molecular complexity index is 1070. The molecule has 0 amide bonds. The normalized spacial score (nSPS) is 19.9. The summed E-state index contributed by atoms with van der Waals surface area (Å²) in [5, 5.41) is 8.84. The van der Waals surface area contributed by atoms with Gasteiger partial charge in [-0.2, -0.15) is 0 Å². The second-order valence-corrected chi connectivity index (χ2v) is 7.76. The van der Waals surface area contributed by atoms with Crippen molar-refractivity contribution in [3.05, 3.63) is 47.9 Å². The second-order valence-electron chi connectivity index (χ2n) is 7.76. The third kappa shape index (κ3) is 3.53. The number of rotatable bonds is 5. The lowest BCUT2D eigenvalue weighted by Gasteiger charge is -2.24. The number of anilines is 1. The molecule has 0 bridgehead atoms. The minimum atomic E-state index is 0.0198. The highest BCUT2D eigenvalue weighted by Gasteiger charge is 2.23. The van der Waals surface area contributed by atoms with Crippen LogP contribution in [0.15, 0.2) is 36.8 Å². The SMILES string of the molecule is N=C(c1ccc2c(c1)ncn2C1CCOC1)c1c(N)ccnc1OC1CCOCC1. The van der Waals surface area contributed by atoms with E-state index in [1.807, 2.05) is 24.5 Å². The molecule has 1 aromatic carbocycles. The van der Waals surface area contributed by atoms with E-state index in [1.54, 1.807) is 12.3 Å². The molecule has 1 unspecified atom stereocenters. The Morgan fingerprint density at radius 3 is 2.73 bits per heavy atom. The number of nitrogens with zero attached hydrogens (tertiary/aromatic N) is 3. The van der Waals surface area contributed by atoms with Crippen LogP contribution in [0.3, 0.4) is 0 Å². The molecule has 2 aliphatic heterocycles. The molecule has 4 heterocycles. The van der Waals surface area contributed by atoms with Crippen LogP contribution in [0.5, 0.6) is 5.88 Å². The predicted molar refractivity (Wildman–Crippen MR) is 113 cm³/mol. The molecule has 2 fully saturated rings. The summed E-state index contributed by atoms with van der Waals surface area (Å²) in [5.41, 5.74) is 10.1. The third-order valence-corrected chi connectivity index (χ3v) is 5.81. The summed E-state index contributed by atoms with van der Waals surface area (Å²) >= 11 is 0. The highest BCUT2D eigenvalue weighted by molar-refractivity contribution is 6.16. The van der Waals surface area contributed by atoms with Crippen molar-refractivity contribution in [3.8, 4) is 5.88 Å². The minimum absolute atomic E-state index is 0.0198. The first-order valence-electron chi connectivity index (χ1n) is 10.3. The second kappa shape index (κ2) is 8.04. The van der Waals surface area contributed by atoms with E-state index in [9.17, 15) is 0 Å². The number of nitrogen functional groups attached to an aromatic ring is 1. The molecule has 8 heteroatoms. The van der Waals surface area contributed by atoms with E-state index >= 15 is 0 Å². The average Bonchev–Trinajstić information content (AvgIpc) is 3.43. The van der Waals surface area contributed by atoms with E-state index in [2.05, 4.69) is 14.5 Å². The van der Waals surface area contributed by atoms with Gasteiger partial charge in [0.25, 0.3) is 0 Å². The zero-order valence-corrected chi connectivity index (χ0v) is 16.7. The monoisotopic (exact) mass is 407 g/mol. The largest absolute Gasteiger partial charge is 0.474 e. The molecule has 0 saturated carbocycles. The van der Waals surface area contributed by atoms with Crippen LogP contribution >= 0.6 is 0 Å². The smallest absolute Gasteiger partial charge is 0.225 e. The molecule has 5 rings (SSSR count). The molecule has 2 aliphatic rings. The van der Waals surface area contributed by atoms with E-state index in [-0.39, 0.29) is 11.8 Å². The van der Waals surface area contributed by atoms with Gasteiger partial charge in [0, 0.05) is 36.9 Å². The zero-order valence-electron chi connectivity index (χ0n) is 16.7. The van der Waals surface area contributed by atoms with Crippen molar-refractivity contribution in [1.82, 2.24) is 14.5 Å². The fraction of sp³-hybridized carbons (Fsp3) is 0.409. The maximum atomic E-state index is 8.84. The lowest BCUT2D eigenvalue weighted by Crippen LogP contribution is -2.27. The Kier molecular flexibility index (Phi) is 5.10. The van der Waals surface area contributed by atoms with Crippen molar-refractivity contribution < 1.29 is 14.2 Å². The van der Waals surface area contributed by atoms with Crippen LogP contribution in [0.25, 0.3) is 11.0 Å². The number of imidazole rings is 1. The molecule has 0 radical (unpaired) electrons. The van der Waals surface area contributed by atoms with Crippen LogP contribution in [-0.4, -0.2) is 52.8 Å². The number of nitrogens with two attached hydrogens (primary N) is 1. The Labute approximate surface area is 174 Å². The summed E-state index contributed by atoms with van der Waals surface area (Å²) in [7, 11) is 0. The first-order valence-corrected chi connectivity index (χ1v) is 10.3. The highest BCUT2D eigenvalue weighted by atomic mass is 16.5. The van der Waals surface area contributed by atoms with E-state index < -0.39 is 0 Å². The molecule has 30 heavy (non-hydrogen) atoms. The van der Waals surface area contributed by atoms with Gasteiger partial charge in [0.05, 0.1) is 54.5 Å². The quantitative estimate of drug-likeness (QED) is 0.630. The predicted octanol–water partition coefficient (Wildman–Crippen LogP) is 2.95. The molecular weight excluding hydrogens is 382 g/mol. The number of benzene rings is 1. The van der Waals surface area contributed by atoms with Crippen LogP contribution in [0.2, 0.25) is 0 Å². The number of hydrogen-bond acceptors (Lipinski definition) is 7. The summed E-state index contributed by atoms with van der Waals surface area (Å²) < 4.78 is 19.2. The van der Waals surface area contributed by atoms with Gasteiger partial charge in [0.2, 0.25) is 5.88 Å². The lowest BCUT2D eigenvalue weighted by atomic mass is 10.0. The van der Waals surface area contributed by atoms with Gasteiger partial charge in [-0.25, -0.2) is 9.97 Å².